The molecule has 1 atom stereocenters. The maximum absolute atomic E-state index is 14.0. The van der Waals surface area contributed by atoms with Gasteiger partial charge in [-0.25, -0.2) is 13.6 Å². The maximum Gasteiger partial charge on any atom is 0.315 e. The van der Waals surface area contributed by atoms with E-state index in [0.29, 0.717) is 12.8 Å². The van der Waals surface area contributed by atoms with Crippen LogP contribution >= 0.6 is 0 Å². The first-order valence-corrected chi connectivity index (χ1v) is 8.21. The monoisotopic (exact) mass is 341 g/mol. The predicted octanol–water partition coefficient (Wildman–Crippen LogP) is 2.17. The number of nitrogens with zero attached hydrogens (tertiary/aromatic N) is 1. The van der Waals surface area contributed by atoms with Gasteiger partial charge >= 0.3 is 6.03 Å². The third kappa shape index (κ3) is 4.88. The lowest BCUT2D eigenvalue weighted by Crippen LogP contribution is -2.46. The average molecular weight is 341 g/mol. The molecule has 1 aliphatic carbocycles. The van der Waals surface area contributed by atoms with Crippen molar-refractivity contribution in [1.29, 1.82) is 0 Å². The summed E-state index contributed by atoms with van der Waals surface area (Å²) < 4.78 is 28.0. The molecule has 0 spiro atoms. The SMILES string of the molecule is CN(C)C(CNC(=O)NC1CCC(O)CC1)c1c(F)cccc1F. The molecule has 0 aliphatic heterocycles. The van der Waals surface area contributed by atoms with Crippen LogP contribution in [0.1, 0.15) is 37.3 Å². The fourth-order valence-electron chi connectivity index (χ4n) is 3.02. The smallest absolute Gasteiger partial charge is 0.315 e. The van der Waals surface area contributed by atoms with Gasteiger partial charge in [0.1, 0.15) is 11.6 Å². The van der Waals surface area contributed by atoms with E-state index in [1.165, 1.54) is 18.2 Å². The zero-order chi connectivity index (χ0) is 17.7. The van der Waals surface area contributed by atoms with Crippen LogP contribution in [0.2, 0.25) is 0 Å². The van der Waals surface area contributed by atoms with Crippen LogP contribution in [0.5, 0.6) is 0 Å². The molecule has 7 heteroatoms. The third-order valence-electron chi connectivity index (χ3n) is 4.44. The molecule has 1 unspecified atom stereocenters. The molecule has 0 aromatic heterocycles. The molecular formula is C17H25F2N3O2. The zero-order valence-corrected chi connectivity index (χ0v) is 14.1. The van der Waals surface area contributed by atoms with E-state index < -0.39 is 17.7 Å². The van der Waals surface area contributed by atoms with Crippen LogP contribution in [0.3, 0.4) is 0 Å². The lowest BCUT2D eigenvalue weighted by Gasteiger charge is -2.28. The van der Waals surface area contributed by atoms with Crippen molar-refractivity contribution < 1.29 is 18.7 Å². The lowest BCUT2D eigenvalue weighted by molar-refractivity contribution is 0.117. The topological polar surface area (TPSA) is 64.6 Å². The van der Waals surface area contributed by atoms with Crippen molar-refractivity contribution in [3.05, 3.63) is 35.4 Å². The van der Waals surface area contributed by atoms with Gasteiger partial charge in [-0.2, -0.15) is 0 Å². The number of aliphatic hydroxyl groups is 1. The highest BCUT2D eigenvalue weighted by Gasteiger charge is 2.24. The Morgan fingerprint density at radius 3 is 2.38 bits per heavy atom. The van der Waals surface area contributed by atoms with Crippen LogP contribution in [-0.4, -0.2) is 48.8 Å². The molecule has 5 nitrogen and oxygen atoms in total. The minimum absolute atomic E-state index is 0.0244. The summed E-state index contributed by atoms with van der Waals surface area (Å²) in [6, 6.07) is 2.80. The van der Waals surface area contributed by atoms with Gasteiger partial charge < -0.3 is 20.6 Å². The van der Waals surface area contributed by atoms with Crippen molar-refractivity contribution in [1.82, 2.24) is 15.5 Å². The van der Waals surface area contributed by atoms with Crippen molar-refractivity contribution in [3.8, 4) is 0 Å². The van der Waals surface area contributed by atoms with E-state index in [1.807, 2.05) is 0 Å². The van der Waals surface area contributed by atoms with E-state index in [9.17, 15) is 18.7 Å². The first-order chi connectivity index (χ1) is 11.4. The maximum atomic E-state index is 14.0. The quantitative estimate of drug-likeness (QED) is 0.769. The Morgan fingerprint density at radius 1 is 1.25 bits per heavy atom. The van der Waals surface area contributed by atoms with Crippen molar-refractivity contribution >= 4 is 6.03 Å². The zero-order valence-electron chi connectivity index (χ0n) is 14.1. The molecule has 1 aliphatic rings. The molecular weight excluding hydrogens is 316 g/mol. The Morgan fingerprint density at radius 2 is 1.83 bits per heavy atom. The number of carbonyl (C=O) groups is 1. The van der Waals surface area contributed by atoms with E-state index >= 15 is 0 Å². The van der Waals surface area contributed by atoms with E-state index in [4.69, 9.17) is 0 Å². The van der Waals surface area contributed by atoms with Gasteiger partial charge in [0.2, 0.25) is 0 Å². The number of carbonyl (C=O) groups excluding carboxylic acids is 1. The number of rotatable bonds is 5. The lowest BCUT2D eigenvalue weighted by atomic mass is 9.93. The van der Waals surface area contributed by atoms with Gasteiger partial charge in [-0.1, -0.05) is 6.07 Å². The molecule has 0 radical (unpaired) electrons. The molecule has 24 heavy (non-hydrogen) atoms. The Bertz CT molecular complexity index is 541. The van der Waals surface area contributed by atoms with Crippen molar-refractivity contribution in [2.45, 2.75) is 43.9 Å². The van der Waals surface area contributed by atoms with Crippen molar-refractivity contribution in [2.75, 3.05) is 20.6 Å². The second-order valence-electron chi connectivity index (χ2n) is 6.47. The number of likely N-dealkylation sites (N-methyl/N-ethyl adjacent to an activating group) is 1. The van der Waals surface area contributed by atoms with Crippen LogP contribution in [0, 0.1) is 11.6 Å². The molecule has 0 bridgehead atoms. The molecule has 134 valence electrons. The Labute approximate surface area is 141 Å². The van der Waals surface area contributed by atoms with E-state index in [2.05, 4.69) is 10.6 Å². The van der Waals surface area contributed by atoms with Gasteiger partial charge in [-0.3, -0.25) is 0 Å². The van der Waals surface area contributed by atoms with Crippen LogP contribution < -0.4 is 10.6 Å². The molecule has 0 saturated heterocycles. The fourth-order valence-corrected chi connectivity index (χ4v) is 3.02. The van der Waals surface area contributed by atoms with Crippen LogP contribution in [0.15, 0.2) is 18.2 Å². The van der Waals surface area contributed by atoms with Gasteiger partial charge in [0, 0.05) is 18.2 Å². The molecule has 2 amide bonds. The molecule has 1 aromatic rings. The highest BCUT2D eigenvalue weighted by atomic mass is 19.1. The third-order valence-corrected chi connectivity index (χ3v) is 4.44. The van der Waals surface area contributed by atoms with E-state index in [1.54, 1.807) is 19.0 Å². The normalized spacial score (nSPS) is 22.2. The number of halogens is 2. The first kappa shape index (κ1) is 18.6. The summed E-state index contributed by atoms with van der Waals surface area (Å²) in [5.41, 5.74) is -0.0522. The minimum atomic E-state index is -0.628. The average Bonchev–Trinajstić information content (AvgIpc) is 2.52. The molecule has 1 saturated carbocycles. The summed E-state index contributed by atoms with van der Waals surface area (Å²) in [5.74, 6) is -1.26. The summed E-state index contributed by atoms with van der Waals surface area (Å²) in [7, 11) is 3.41. The van der Waals surface area contributed by atoms with Gasteiger partial charge in [0.25, 0.3) is 0 Å². The molecule has 3 N–H and O–H groups in total. The highest BCUT2D eigenvalue weighted by Crippen LogP contribution is 2.24. The van der Waals surface area contributed by atoms with Crippen LogP contribution in [0.25, 0.3) is 0 Å². The van der Waals surface area contributed by atoms with E-state index in [0.717, 1.165) is 12.8 Å². The van der Waals surface area contributed by atoms with Crippen LogP contribution in [0.4, 0.5) is 13.6 Å². The van der Waals surface area contributed by atoms with Gasteiger partial charge in [-0.05, 0) is 51.9 Å². The summed E-state index contributed by atoms with van der Waals surface area (Å²) in [5, 5.41) is 15.0. The summed E-state index contributed by atoms with van der Waals surface area (Å²) in [6.07, 6.45) is 2.52. The summed E-state index contributed by atoms with van der Waals surface area (Å²) >= 11 is 0. The Hall–Kier alpha value is -1.73. The first-order valence-electron chi connectivity index (χ1n) is 8.21. The Kier molecular flexibility index (Phi) is 6.51. The Balaban J connectivity index is 1.93. The van der Waals surface area contributed by atoms with E-state index in [-0.39, 0.29) is 30.3 Å². The number of amides is 2. The number of aliphatic hydroxyl groups excluding tert-OH is 1. The van der Waals surface area contributed by atoms with Gasteiger partial charge in [-0.15, -0.1) is 0 Å². The van der Waals surface area contributed by atoms with Gasteiger partial charge in [0.15, 0.2) is 0 Å². The van der Waals surface area contributed by atoms with Gasteiger partial charge in [0.05, 0.1) is 12.1 Å². The summed E-state index contributed by atoms with van der Waals surface area (Å²) in [6.45, 7) is 0.0893. The predicted molar refractivity (Wildman–Crippen MR) is 87.6 cm³/mol. The number of hydrogen-bond donors (Lipinski definition) is 3. The second kappa shape index (κ2) is 8.39. The summed E-state index contributed by atoms with van der Waals surface area (Å²) in [4.78, 5) is 13.7. The molecule has 1 aromatic carbocycles. The van der Waals surface area contributed by atoms with Crippen molar-refractivity contribution in [3.63, 3.8) is 0 Å². The molecule has 0 heterocycles. The number of benzene rings is 1. The van der Waals surface area contributed by atoms with Crippen molar-refractivity contribution in [2.24, 2.45) is 0 Å². The second-order valence-corrected chi connectivity index (χ2v) is 6.47. The van der Waals surface area contributed by atoms with Crippen LogP contribution in [-0.2, 0) is 0 Å². The number of nitrogens with one attached hydrogen (secondary N) is 2. The molecule has 2 rings (SSSR count). The molecule has 1 fully saturated rings. The standard InChI is InChI=1S/C17H25F2N3O2/c1-22(2)15(16-13(18)4-3-5-14(16)19)10-20-17(24)21-11-6-8-12(23)9-7-11/h3-5,11-12,15,23H,6-10H2,1-2H3,(H2,20,21,24). The largest absolute Gasteiger partial charge is 0.393 e. The number of urea groups is 1. The highest BCUT2D eigenvalue weighted by molar-refractivity contribution is 5.74. The fraction of sp³-hybridized carbons (Fsp3) is 0.588. The number of hydrogen-bond acceptors (Lipinski definition) is 3. The minimum Gasteiger partial charge on any atom is -0.393 e.